The summed E-state index contributed by atoms with van der Waals surface area (Å²) in [5, 5.41) is 3.51. The molecule has 0 amide bonds. The molecular formula is C19H25NO. The monoisotopic (exact) mass is 283 g/mol. The molecule has 1 unspecified atom stereocenters. The second kappa shape index (κ2) is 8.48. The standard InChI is InChI=1S/C19H25NO/c1-3-21-19-11-9-17(10-12-19)15-20-14-13-16(2)18-7-5-4-6-8-18/h4-12,16,20H,3,13-15H2,1-2H3. The highest BCUT2D eigenvalue weighted by atomic mass is 16.5. The highest BCUT2D eigenvalue weighted by Gasteiger charge is 2.04. The van der Waals surface area contributed by atoms with E-state index in [1.807, 2.05) is 19.1 Å². The summed E-state index contributed by atoms with van der Waals surface area (Å²) in [5.41, 5.74) is 2.71. The van der Waals surface area contributed by atoms with Crippen molar-refractivity contribution in [2.45, 2.75) is 32.7 Å². The van der Waals surface area contributed by atoms with Crippen LogP contribution in [0.5, 0.6) is 5.75 Å². The Labute approximate surface area is 128 Å². The normalized spacial score (nSPS) is 12.1. The number of benzene rings is 2. The van der Waals surface area contributed by atoms with Crippen molar-refractivity contribution in [1.29, 1.82) is 0 Å². The summed E-state index contributed by atoms with van der Waals surface area (Å²) in [6.45, 7) is 6.95. The Bertz CT molecular complexity index is 507. The van der Waals surface area contributed by atoms with Crippen molar-refractivity contribution in [3.05, 3.63) is 65.7 Å². The first-order chi connectivity index (χ1) is 10.3. The quantitative estimate of drug-likeness (QED) is 0.726. The molecule has 0 saturated heterocycles. The van der Waals surface area contributed by atoms with Gasteiger partial charge in [0.1, 0.15) is 5.75 Å². The number of rotatable bonds is 8. The Hall–Kier alpha value is -1.80. The van der Waals surface area contributed by atoms with Crippen LogP contribution in [0.1, 0.15) is 37.3 Å². The minimum Gasteiger partial charge on any atom is -0.494 e. The van der Waals surface area contributed by atoms with Crippen LogP contribution in [-0.4, -0.2) is 13.2 Å². The molecule has 0 aliphatic heterocycles. The average Bonchev–Trinajstić information content (AvgIpc) is 2.54. The third-order valence-electron chi connectivity index (χ3n) is 3.69. The highest BCUT2D eigenvalue weighted by molar-refractivity contribution is 5.27. The Kier molecular flexibility index (Phi) is 6.29. The molecule has 112 valence electrons. The van der Waals surface area contributed by atoms with Crippen LogP contribution in [0.4, 0.5) is 0 Å². The van der Waals surface area contributed by atoms with Crippen LogP contribution < -0.4 is 10.1 Å². The van der Waals surface area contributed by atoms with E-state index in [1.54, 1.807) is 0 Å². The van der Waals surface area contributed by atoms with Crippen molar-refractivity contribution in [2.75, 3.05) is 13.2 Å². The van der Waals surface area contributed by atoms with Gasteiger partial charge >= 0.3 is 0 Å². The van der Waals surface area contributed by atoms with Crippen LogP contribution in [0.15, 0.2) is 54.6 Å². The minimum absolute atomic E-state index is 0.596. The SMILES string of the molecule is CCOc1ccc(CNCCC(C)c2ccccc2)cc1. The summed E-state index contributed by atoms with van der Waals surface area (Å²) in [4.78, 5) is 0. The molecule has 0 spiro atoms. The Morgan fingerprint density at radius 2 is 1.71 bits per heavy atom. The number of ether oxygens (including phenoxy) is 1. The van der Waals surface area contributed by atoms with Crippen molar-refractivity contribution in [3.63, 3.8) is 0 Å². The molecule has 2 aromatic carbocycles. The molecule has 0 heterocycles. The summed E-state index contributed by atoms with van der Waals surface area (Å²) in [6.07, 6.45) is 1.15. The molecule has 0 saturated carbocycles. The lowest BCUT2D eigenvalue weighted by Gasteiger charge is -2.12. The molecule has 1 N–H and O–H groups in total. The van der Waals surface area contributed by atoms with Gasteiger partial charge in [0, 0.05) is 6.54 Å². The fraction of sp³-hybridized carbons (Fsp3) is 0.368. The van der Waals surface area contributed by atoms with E-state index < -0.39 is 0 Å². The first-order valence-corrected chi connectivity index (χ1v) is 7.77. The van der Waals surface area contributed by atoms with Crippen LogP contribution in [0.25, 0.3) is 0 Å². The molecule has 0 fully saturated rings. The minimum atomic E-state index is 0.596. The summed E-state index contributed by atoms with van der Waals surface area (Å²) < 4.78 is 5.45. The van der Waals surface area contributed by atoms with Crippen molar-refractivity contribution < 1.29 is 4.74 Å². The van der Waals surface area contributed by atoms with E-state index in [4.69, 9.17) is 4.74 Å². The van der Waals surface area contributed by atoms with Gasteiger partial charge in [-0.15, -0.1) is 0 Å². The van der Waals surface area contributed by atoms with Crippen LogP contribution in [0.3, 0.4) is 0 Å². The van der Waals surface area contributed by atoms with Gasteiger partial charge in [-0.05, 0) is 49.1 Å². The van der Waals surface area contributed by atoms with Crippen molar-refractivity contribution in [2.24, 2.45) is 0 Å². The van der Waals surface area contributed by atoms with Crippen LogP contribution in [0.2, 0.25) is 0 Å². The van der Waals surface area contributed by atoms with Gasteiger partial charge in [-0.25, -0.2) is 0 Å². The average molecular weight is 283 g/mol. The zero-order valence-corrected chi connectivity index (χ0v) is 13.0. The highest BCUT2D eigenvalue weighted by Crippen LogP contribution is 2.17. The lowest BCUT2D eigenvalue weighted by molar-refractivity contribution is 0.340. The first-order valence-electron chi connectivity index (χ1n) is 7.77. The summed E-state index contributed by atoms with van der Waals surface area (Å²) in [7, 11) is 0. The van der Waals surface area contributed by atoms with Gasteiger partial charge in [0.05, 0.1) is 6.61 Å². The Balaban J connectivity index is 1.69. The molecule has 2 rings (SSSR count). The molecular weight excluding hydrogens is 258 g/mol. The molecule has 2 heteroatoms. The number of hydrogen-bond acceptors (Lipinski definition) is 2. The number of hydrogen-bond donors (Lipinski definition) is 1. The molecule has 1 atom stereocenters. The summed E-state index contributed by atoms with van der Waals surface area (Å²) in [6, 6.07) is 19.0. The molecule has 0 radical (unpaired) electrons. The zero-order chi connectivity index (χ0) is 14.9. The Morgan fingerprint density at radius 1 is 1.00 bits per heavy atom. The fourth-order valence-corrected chi connectivity index (χ4v) is 2.37. The van der Waals surface area contributed by atoms with E-state index in [0.29, 0.717) is 5.92 Å². The van der Waals surface area contributed by atoms with Gasteiger partial charge in [-0.2, -0.15) is 0 Å². The van der Waals surface area contributed by atoms with Crippen LogP contribution >= 0.6 is 0 Å². The van der Waals surface area contributed by atoms with Crippen molar-refractivity contribution in [3.8, 4) is 5.75 Å². The molecule has 0 aliphatic carbocycles. The van der Waals surface area contributed by atoms with Gasteiger partial charge in [0.25, 0.3) is 0 Å². The van der Waals surface area contributed by atoms with Gasteiger partial charge < -0.3 is 10.1 Å². The summed E-state index contributed by atoms with van der Waals surface area (Å²) in [5.74, 6) is 1.54. The largest absolute Gasteiger partial charge is 0.494 e. The topological polar surface area (TPSA) is 21.3 Å². The van der Waals surface area contributed by atoms with E-state index in [2.05, 4.69) is 54.7 Å². The van der Waals surface area contributed by atoms with Gasteiger partial charge in [0.15, 0.2) is 0 Å². The molecule has 2 aromatic rings. The lowest BCUT2D eigenvalue weighted by Crippen LogP contribution is -2.16. The first kappa shape index (κ1) is 15.6. The maximum Gasteiger partial charge on any atom is 0.119 e. The molecule has 2 nitrogen and oxygen atoms in total. The zero-order valence-electron chi connectivity index (χ0n) is 13.0. The van der Waals surface area contributed by atoms with E-state index in [0.717, 1.165) is 31.9 Å². The maximum atomic E-state index is 5.45. The molecule has 0 aromatic heterocycles. The van der Waals surface area contributed by atoms with E-state index in [-0.39, 0.29) is 0 Å². The maximum absolute atomic E-state index is 5.45. The van der Waals surface area contributed by atoms with Crippen molar-refractivity contribution in [1.82, 2.24) is 5.32 Å². The van der Waals surface area contributed by atoms with Crippen LogP contribution in [0, 0.1) is 0 Å². The van der Waals surface area contributed by atoms with Gasteiger partial charge in [-0.3, -0.25) is 0 Å². The van der Waals surface area contributed by atoms with E-state index >= 15 is 0 Å². The predicted molar refractivity (Wildman–Crippen MR) is 88.8 cm³/mol. The van der Waals surface area contributed by atoms with Gasteiger partial charge in [-0.1, -0.05) is 49.4 Å². The smallest absolute Gasteiger partial charge is 0.119 e. The lowest BCUT2D eigenvalue weighted by atomic mass is 9.98. The van der Waals surface area contributed by atoms with Crippen molar-refractivity contribution >= 4 is 0 Å². The second-order valence-corrected chi connectivity index (χ2v) is 5.35. The summed E-state index contributed by atoms with van der Waals surface area (Å²) >= 11 is 0. The number of nitrogens with one attached hydrogen (secondary N) is 1. The van der Waals surface area contributed by atoms with Crippen LogP contribution in [-0.2, 0) is 6.54 Å². The molecule has 0 bridgehead atoms. The van der Waals surface area contributed by atoms with E-state index in [1.165, 1.54) is 11.1 Å². The fourth-order valence-electron chi connectivity index (χ4n) is 2.37. The predicted octanol–water partition coefficient (Wildman–Crippen LogP) is 4.37. The molecule has 21 heavy (non-hydrogen) atoms. The van der Waals surface area contributed by atoms with Gasteiger partial charge in [0.2, 0.25) is 0 Å². The third-order valence-corrected chi connectivity index (χ3v) is 3.69. The molecule has 0 aliphatic rings. The second-order valence-electron chi connectivity index (χ2n) is 5.35. The van der Waals surface area contributed by atoms with E-state index in [9.17, 15) is 0 Å². The Morgan fingerprint density at radius 3 is 2.38 bits per heavy atom. The third kappa shape index (κ3) is 5.24.